The van der Waals surface area contributed by atoms with Crippen molar-refractivity contribution in [3.05, 3.63) is 42.2 Å². The zero-order valence-electron chi connectivity index (χ0n) is 8.14. The van der Waals surface area contributed by atoms with Crippen molar-refractivity contribution in [3.8, 4) is 17.2 Å². The molecule has 0 aliphatic rings. The summed E-state index contributed by atoms with van der Waals surface area (Å²) in [6.07, 6.45) is 2.54. The van der Waals surface area contributed by atoms with E-state index in [2.05, 4.69) is 5.10 Å². The number of nitriles is 1. The van der Waals surface area contributed by atoms with E-state index >= 15 is 0 Å². The maximum atomic E-state index is 12.3. The SMILES string of the molecule is N#Cc1ccccc1-c1cnn(C(F)F)c1. The summed E-state index contributed by atoms with van der Waals surface area (Å²) in [6.45, 7) is -2.66. The summed E-state index contributed by atoms with van der Waals surface area (Å²) >= 11 is 0. The molecule has 0 aliphatic heterocycles. The van der Waals surface area contributed by atoms with Gasteiger partial charge >= 0.3 is 6.55 Å². The highest BCUT2D eigenvalue weighted by atomic mass is 19.3. The van der Waals surface area contributed by atoms with Crippen LogP contribution in [0.3, 0.4) is 0 Å². The molecule has 0 unspecified atom stereocenters. The van der Waals surface area contributed by atoms with Gasteiger partial charge in [-0.15, -0.1) is 0 Å². The van der Waals surface area contributed by atoms with Crippen LogP contribution in [0.25, 0.3) is 11.1 Å². The summed E-state index contributed by atoms with van der Waals surface area (Å²) < 4.78 is 25.2. The Labute approximate surface area is 90.5 Å². The summed E-state index contributed by atoms with van der Waals surface area (Å²) in [5.41, 5.74) is 1.56. The van der Waals surface area contributed by atoms with Gasteiger partial charge in [-0.1, -0.05) is 18.2 Å². The second-order valence-corrected chi connectivity index (χ2v) is 3.14. The van der Waals surface area contributed by atoms with Crippen molar-refractivity contribution < 1.29 is 8.78 Å². The van der Waals surface area contributed by atoms with Gasteiger partial charge in [-0.25, -0.2) is 4.68 Å². The first kappa shape index (κ1) is 10.3. The molecule has 5 heteroatoms. The molecule has 0 amide bonds. The highest BCUT2D eigenvalue weighted by Crippen LogP contribution is 2.23. The van der Waals surface area contributed by atoms with E-state index in [0.717, 1.165) is 0 Å². The molecule has 0 radical (unpaired) electrons. The fourth-order valence-electron chi connectivity index (χ4n) is 1.42. The first-order valence-corrected chi connectivity index (χ1v) is 4.54. The molecule has 16 heavy (non-hydrogen) atoms. The number of halogens is 2. The molecule has 1 aromatic carbocycles. The topological polar surface area (TPSA) is 41.6 Å². The van der Waals surface area contributed by atoms with Gasteiger partial charge in [0, 0.05) is 17.3 Å². The van der Waals surface area contributed by atoms with E-state index in [1.54, 1.807) is 24.3 Å². The number of nitrogens with zero attached hydrogens (tertiary/aromatic N) is 3. The normalized spacial score (nSPS) is 10.4. The first-order valence-electron chi connectivity index (χ1n) is 4.54. The third-order valence-corrected chi connectivity index (χ3v) is 2.16. The van der Waals surface area contributed by atoms with Crippen molar-refractivity contribution in [2.75, 3.05) is 0 Å². The minimum absolute atomic E-state index is 0.441. The Morgan fingerprint density at radius 1 is 1.31 bits per heavy atom. The summed E-state index contributed by atoms with van der Waals surface area (Å²) in [7, 11) is 0. The number of alkyl halides is 2. The summed E-state index contributed by atoms with van der Waals surface area (Å²) in [5.74, 6) is 0. The molecular formula is C11H7F2N3. The number of aromatic nitrogens is 2. The Kier molecular flexibility index (Phi) is 2.64. The maximum absolute atomic E-state index is 12.3. The highest BCUT2D eigenvalue weighted by molar-refractivity contribution is 5.69. The van der Waals surface area contributed by atoms with E-state index in [1.165, 1.54) is 12.4 Å². The van der Waals surface area contributed by atoms with E-state index in [0.29, 0.717) is 21.4 Å². The van der Waals surface area contributed by atoms with Crippen LogP contribution in [-0.4, -0.2) is 9.78 Å². The monoisotopic (exact) mass is 219 g/mol. The van der Waals surface area contributed by atoms with Crippen molar-refractivity contribution in [2.24, 2.45) is 0 Å². The molecule has 0 bridgehead atoms. The van der Waals surface area contributed by atoms with Crippen molar-refractivity contribution in [1.29, 1.82) is 5.26 Å². The molecule has 0 N–H and O–H groups in total. The van der Waals surface area contributed by atoms with Gasteiger partial charge in [0.25, 0.3) is 0 Å². The molecule has 2 rings (SSSR count). The average molecular weight is 219 g/mol. The maximum Gasteiger partial charge on any atom is 0.333 e. The minimum atomic E-state index is -2.66. The highest BCUT2D eigenvalue weighted by Gasteiger charge is 2.10. The number of hydrogen-bond acceptors (Lipinski definition) is 2. The Morgan fingerprint density at radius 3 is 2.69 bits per heavy atom. The second-order valence-electron chi connectivity index (χ2n) is 3.14. The molecule has 0 fully saturated rings. The van der Waals surface area contributed by atoms with Crippen molar-refractivity contribution in [1.82, 2.24) is 9.78 Å². The molecule has 2 aromatic rings. The smallest absolute Gasteiger partial charge is 0.211 e. The van der Waals surface area contributed by atoms with E-state index in [1.807, 2.05) is 6.07 Å². The quantitative estimate of drug-likeness (QED) is 0.779. The molecule has 3 nitrogen and oxygen atoms in total. The Bertz CT molecular complexity index is 540. The van der Waals surface area contributed by atoms with Crippen molar-refractivity contribution in [2.45, 2.75) is 6.55 Å². The average Bonchev–Trinajstić information content (AvgIpc) is 2.78. The molecule has 1 aromatic heterocycles. The van der Waals surface area contributed by atoms with Gasteiger partial charge in [-0.05, 0) is 6.07 Å². The zero-order chi connectivity index (χ0) is 11.5. The third-order valence-electron chi connectivity index (χ3n) is 2.16. The van der Waals surface area contributed by atoms with Gasteiger partial charge in [0.1, 0.15) is 0 Å². The van der Waals surface area contributed by atoms with Gasteiger partial charge in [0.15, 0.2) is 0 Å². The number of hydrogen-bond donors (Lipinski definition) is 0. The summed E-state index contributed by atoms with van der Waals surface area (Å²) in [6, 6.07) is 8.81. The molecule has 1 heterocycles. The van der Waals surface area contributed by atoms with Crippen LogP contribution in [-0.2, 0) is 0 Å². The molecule has 0 atom stereocenters. The lowest BCUT2D eigenvalue weighted by atomic mass is 10.0. The lowest BCUT2D eigenvalue weighted by Gasteiger charge is -1.99. The van der Waals surface area contributed by atoms with Crippen molar-refractivity contribution in [3.63, 3.8) is 0 Å². The Balaban J connectivity index is 2.47. The molecule has 80 valence electrons. The van der Waals surface area contributed by atoms with E-state index < -0.39 is 6.55 Å². The molecule has 0 spiro atoms. The van der Waals surface area contributed by atoms with Crippen LogP contribution in [0.5, 0.6) is 0 Å². The van der Waals surface area contributed by atoms with Gasteiger partial charge in [0.05, 0.1) is 17.8 Å². The molecule has 0 aliphatic carbocycles. The predicted octanol–water partition coefficient (Wildman–Crippen LogP) is 2.82. The van der Waals surface area contributed by atoms with Crippen LogP contribution in [0.1, 0.15) is 12.1 Å². The molecule has 0 saturated carbocycles. The van der Waals surface area contributed by atoms with Crippen LogP contribution < -0.4 is 0 Å². The van der Waals surface area contributed by atoms with Gasteiger partial charge in [0.2, 0.25) is 0 Å². The lowest BCUT2D eigenvalue weighted by Crippen LogP contribution is -1.96. The van der Waals surface area contributed by atoms with Crippen LogP contribution in [0.15, 0.2) is 36.7 Å². The second kappa shape index (κ2) is 4.11. The molecule has 0 saturated heterocycles. The fraction of sp³-hybridized carbons (Fsp3) is 0.0909. The van der Waals surface area contributed by atoms with Gasteiger partial charge in [-0.3, -0.25) is 0 Å². The Morgan fingerprint density at radius 2 is 2.06 bits per heavy atom. The van der Waals surface area contributed by atoms with Gasteiger partial charge < -0.3 is 0 Å². The number of benzene rings is 1. The van der Waals surface area contributed by atoms with Gasteiger partial charge in [-0.2, -0.15) is 19.1 Å². The fourth-order valence-corrected chi connectivity index (χ4v) is 1.42. The summed E-state index contributed by atoms with van der Waals surface area (Å²) in [4.78, 5) is 0. The summed E-state index contributed by atoms with van der Waals surface area (Å²) in [5, 5.41) is 12.4. The molecular weight excluding hydrogens is 212 g/mol. The standard InChI is InChI=1S/C11H7F2N3/c12-11(13)16-7-9(6-15-16)10-4-2-1-3-8(10)5-14/h1-4,6-7,11H. The number of rotatable bonds is 2. The van der Waals surface area contributed by atoms with Crippen LogP contribution in [0, 0.1) is 11.3 Å². The zero-order valence-corrected chi connectivity index (χ0v) is 8.14. The van der Waals surface area contributed by atoms with E-state index in [-0.39, 0.29) is 0 Å². The van der Waals surface area contributed by atoms with E-state index in [9.17, 15) is 8.78 Å². The predicted molar refractivity (Wildman–Crippen MR) is 53.6 cm³/mol. The lowest BCUT2D eigenvalue weighted by molar-refractivity contribution is 0.0566. The first-order chi connectivity index (χ1) is 7.72. The largest absolute Gasteiger partial charge is 0.333 e. The van der Waals surface area contributed by atoms with Crippen molar-refractivity contribution >= 4 is 0 Å². The Hall–Kier alpha value is -2.22. The van der Waals surface area contributed by atoms with E-state index in [4.69, 9.17) is 5.26 Å². The van der Waals surface area contributed by atoms with Crippen LogP contribution in [0.2, 0.25) is 0 Å². The third kappa shape index (κ3) is 1.77. The minimum Gasteiger partial charge on any atom is -0.211 e. The van der Waals surface area contributed by atoms with Crippen LogP contribution >= 0.6 is 0 Å². The van der Waals surface area contributed by atoms with Crippen LogP contribution in [0.4, 0.5) is 8.78 Å².